The lowest BCUT2D eigenvalue weighted by molar-refractivity contribution is -0.142. The van der Waals surface area contributed by atoms with Crippen LogP contribution in [-0.4, -0.2) is 15.3 Å². The minimum Gasteiger partial charge on any atom is -0.461 e. The van der Waals surface area contributed by atoms with E-state index in [9.17, 15) is 9.59 Å². The molecule has 5 heteroatoms. The number of benzene rings is 1. The predicted octanol–water partition coefficient (Wildman–Crippen LogP) is 1.55. The maximum atomic E-state index is 12.4. The molecule has 2 rings (SSSR count). The Hall–Kier alpha value is -2.30. The lowest BCUT2D eigenvalue weighted by atomic mass is 10.3. The summed E-state index contributed by atoms with van der Waals surface area (Å²) < 4.78 is 8.25. The highest BCUT2D eigenvalue weighted by Crippen LogP contribution is 2.10. The number of esters is 1. The highest BCUT2D eigenvalue weighted by molar-refractivity contribution is 5.65. The van der Waals surface area contributed by atoms with E-state index in [0.717, 1.165) is 11.4 Å². The normalized spacial score (nSPS) is 10.5. The summed E-state index contributed by atoms with van der Waals surface area (Å²) in [6.07, 6.45) is 0. The summed E-state index contributed by atoms with van der Waals surface area (Å²) in [6.45, 7) is 3.17. The molecule has 0 radical (unpaired) electrons. The van der Waals surface area contributed by atoms with Gasteiger partial charge in [-0.2, -0.15) is 0 Å². The first-order valence-corrected chi connectivity index (χ1v) is 5.98. The van der Waals surface area contributed by atoms with E-state index in [1.807, 2.05) is 37.3 Å². The lowest BCUT2D eigenvalue weighted by Crippen LogP contribution is -2.21. The molecule has 0 atom stereocenters. The van der Waals surface area contributed by atoms with Gasteiger partial charge in [0.1, 0.15) is 6.61 Å². The van der Waals surface area contributed by atoms with Gasteiger partial charge in [0.25, 0.3) is 5.56 Å². The van der Waals surface area contributed by atoms with E-state index >= 15 is 0 Å². The number of rotatable bonds is 3. The number of aromatic nitrogens is 2. The van der Waals surface area contributed by atoms with Crippen LogP contribution in [-0.2, 0) is 23.2 Å². The third-order valence-corrected chi connectivity index (χ3v) is 3.09. The number of ether oxygens (including phenoxy) is 1. The van der Waals surface area contributed by atoms with Crippen LogP contribution in [0.3, 0.4) is 0 Å². The van der Waals surface area contributed by atoms with Gasteiger partial charge in [-0.15, -0.1) is 0 Å². The molecule has 0 amide bonds. The minimum absolute atomic E-state index is 0.00761. The Balaban J connectivity index is 2.50. The fourth-order valence-corrected chi connectivity index (χ4v) is 1.96. The molecule has 0 N–H and O–H groups in total. The van der Waals surface area contributed by atoms with Gasteiger partial charge < -0.3 is 4.74 Å². The molecule has 1 heterocycles. The fraction of sp³-hybridized carbons (Fsp3) is 0.286. The number of carbonyl (C=O) groups excluding carboxylic acids is 1. The molecule has 0 unspecified atom stereocenters. The molecule has 0 saturated heterocycles. The van der Waals surface area contributed by atoms with E-state index in [0.29, 0.717) is 5.56 Å². The van der Waals surface area contributed by atoms with Crippen molar-refractivity contribution >= 4 is 5.97 Å². The Morgan fingerprint density at radius 1 is 1.26 bits per heavy atom. The van der Waals surface area contributed by atoms with Crippen molar-refractivity contribution in [2.75, 3.05) is 0 Å². The predicted molar refractivity (Wildman–Crippen MR) is 71.2 cm³/mol. The summed E-state index contributed by atoms with van der Waals surface area (Å²) in [7, 11) is 1.81. The van der Waals surface area contributed by atoms with Gasteiger partial charge in [-0.3, -0.25) is 14.3 Å². The molecule has 5 nitrogen and oxygen atoms in total. The Bertz CT molecular complexity index is 653. The zero-order valence-corrected chi connectivity index (χ0v) is 11.2. The van der Waals surface area contributed by atoms with Crippen molar-refractivity contribution in [2.24, 2.45) is 7.05 Å². The Morgan fingerprint density at radius 3 is 2.47 bits per heavy atom. The highest BCUT2D eigenvalue weighted by Gasteiger charge is 2.16. The van der Waals surface area contributed by atoms with Crippen LogP contribution in [0.1, 0.15) is 18.2 Å². The monoisotopic (exact) mass is 260 g/mol. The molecular formula is C14H16N2O3. The Labute approximate surface area is 111 Å². The molecule has 0 saturated carbocycles. The first kappa shape index (κ1) is 13.1. The number of hydrogen-bond donors (Lipinski definition) is 0. The van der Waals surface area contributed by atoms with Gasteiger partial charge in [-0.05, 0) is 19.1 Å². The zero-order chi connectivity index (χ0) is 14.0. The van der Waals surface area contributed by atoms with Crippen molar-refractivity contribution < 1.29 is 9.53 Å². The van der Waals surface area contributed by atoms with Gasteiger partial charge in [-0.1, -0.05) is 18.2 Å². The molecule has 0 aliphatic heterocycles. The molecule has 0 spiro atoms. The van der Waals surface area contributed by atoms with Gasteiger partial charge in [0, 0.05) is 19.7 Å². The molecule has 0 aliphatic rings. The van der Waals surface area contributed by atoms with E-state index in [2.05, 4.69) is 0 Å². The number of carbonyl (C=O) groups is 1. The highest BCUT2D eigenvalue weighted by atomic mass is 16.5. The largest absolute Gasteiger partial charge is 0.461 e. The topological polar surface area (TPSA) is 53.2 Å². The molecular weight excluding hydrogens is 244 g/mol. The summed E-state index contributed by atoms with van der Waals surface area (Å²) in [4.78, 5) is 23.2. The third kappa shape index (κ3) is 2.45. The molecule has 100 valence electrons. The first-order valence-electron chi connectivity index (χ1n) is 5.98. The van der Waals surface area contributed by atoms with Crippen LogP contribution in [0.25, 0.3) is 5.69 Å². The van der Waals surface area contributed by atoms with E-state index in [1.165, 1.54) is 6.92 Å². The van der Waals surface area contributed by atoms with Crippen LogP contribution in [0, 0.1) is 6.92 Å². The quantitative estimate of drug-likeness (QED) is 0.787. The smallest absolute Gasteiger partial charge is 0.302 e. The summed E-state index contributed by atoms with van der Waals surface area (Å²) in [5.41, 5.74) is 1.91. The van der Waals surface area contributed by atoms with Gasteiger partial charge in [0.05, 0.1) is 11.3 Å². The minimum atomic E-state index is -0.395. The standard InChI is InChI=1S/C14H16N2O3/c1-10-13(9-19-11(2)17)14(18)16(15(10)3)12-7-5-4-6-8-12/h4-8H,9H2,1-3H3. The van der Waals surface area contributed by atoms with Gasteiger partial charge in [-0.25, -0.2) is 4.68 Å². The van der Waals surface area contributed by atoms with Crippen molar-refractivity contribution in [3.63, 3.8) is 0 Å². The lowest BCUT2D eigenvalue weighted by Gasteiger charge is -2.07. The van der Waals surface area contributed by atoms with Gasteiger partial charge >= 0.3 is 5.97 Å². The van der Waals surface area contributed by atoms with Crippen molar-refractivity contribution in [3.05, 3.63) is 51.9 Å². The maximum absolute atomic E-state index is 12.4. The fourth-order valence-electron chi connectivity index (χ4n) is 1.96. The first-order chi connectivity index (χ1) is 9.02. The van der Waals surface area contributed by atoms with Crippen molar-refractivity contribution in [1.82, 2.24) is 9.36 Å². The third-order valence-electron chi connectivity index (χ3n) is 3.09. The number of nitrogens with zero attached hydrogens (tertiary/aromatic N) is 2. The molecule has 19 heavy (non-hydrogen) atoms. The van der Waals surface area contributed by atoms with Crippen LogP contribution in [0.5, 0.6) is 0 Å². The molecule has 2 aromatic rings. The van der Waals surface area contributed by atoms with Crippen molar-refractivity contribution in [3.8, 4) is 5.69 Å². The van der Waals surface area contributed by atoms with E-state index in [4.69, 9.17) is 4.74 Å². The van der Waals surface area contributed by atoms with E-state index < -0.39 is 5.97 Å². The summed E-state index contributed by atoms with van der Waals surface area (Å²) >= 11 is 0. The second kappa shape index (κ2) is 5.14. The average Bonchev–Trinajstić information content (AvgIpc) is 2.59. The van der Waals surface area contributed by atoms with Crippen LogP contribution in [0.2, 0.25) is 0 Å². The van der Waals surface area contributed by atoms with E-state index in [1.54, 1.807) is 16.4 Å². The molecule has 1 aromatic carbocycles. The molecule has 0 aliphatic carbocycles. The molecule has 0 bridgehead atoms. The second-order valence-corrected chi connectivity index (χ2v) is 4.32. The van der Waals surface area contributed by atoms with Gasteiger partial charge in [0.15, 0.2) is 0 Å². The maximum Gasteiger partial charge on any atom is 0.302 e. The number of hydrogen-bond acceptors (Lipinski definition) is 3. The SMILES string of the molecule is CC(=O)OCc1c(C)n(C)n(-c2ccccc2)c1=O. The Kier molecular flexibility index (Phi) is 3.55. The van der Waals surface area contributed by atoms with Crippen LogP contribution < -0.4 is 5.56 Å². The van der Waals surface area contributed by atoms with Crippen LogP contribution in [0.4, 0.5) is 0 Å². The van der Waals surface area contributed by atoms with E-state index in [-0.39, 0.29) is 12.2 Å². The second-order valence-electron chi connectivity index (χ2n) is 4.32. The zero-order valence-electron chi connectivity index (χ0n) is 11.2. The summed E-state index contributed by atoms with van der Waals surface area (Å²) in [5, 5.41) is 0. The molecule has 1 aromatic heterocycles. The summed E-state index contributed by atoms with van der Waals surface area (Å²) in [6, 6.07) is 9.35. The van der Waals surface area contributed by atoms with Crippen LogP contribution >= 0.6 is 0 Å². The Morgan fingerprint density at radius 2 is 1.89 bits per heavy atom. The van der Waals surface area contributed by atoms with Crippen molar-refractivity contribution in [2.45, 2.75) is 20.5 Å². The molecule has 0 fully saturated rings. The van der Waals surface area contributed by atoms with Crippen molar-refractivity contribution in [1.29, 1.82) is 0 Å². The summed E-state index contributed by atoms with van der Waals surface area (Å²) in [5.74, 6) is -0.395. The average molecular weight is 260 g/mol. The van der Waals surface area contributed by atoms with Gasteiger partial charge in [0.2, 0.25) is 0 Å². The van der Waals surface area contributed by atoms with Crippen LogP contribution in [0.15, 0.2) is 35.1 Å². The number of para-hydroxylation sites is 1.